The standard InChI is InChI=1S/C15H16ClNO2S/c1-11-7-10-20-14(11)15(18)17(2)8-9-19-13-5-3-12(16)4-6-13/h3-7,10H,8-9H2,1-2H3. The highest BCUT2D eigenvalue weighted by molar-refractivity contribution is 7.12. The Hall–Kier alpha value is -1.52. The molecule has 0 aliphatic carbocycles. The third-order valence-corrected chi connectivity index (χ3v) is 4.17. The van der Waals surface area contributed by atoms with E-state index >= 15 is 0 Å². The molecule has 0 N–H and O–H groups in total. The SMILES string of the molecule is Cc1ccsc1C(=O)N(C)CCOc1ccc(Cl)cc1. The van der Waals surface area contributed by atoms with E-state index < -0.39 is 0 Å². The van der Waals surface area contributed by atoms with Gasteiger partial charge in [0.15, 0.2) is 0 Å². The van der Waals surface area contributed by atoms with Crippen molar-refractivity contribution in [2.75, 3.05) is 20.2 Å². The van der Waals surface area contributed by atoms with E-state index in [-0.39, 0.29) is 5.91 Å². The van der Waals surface area contributed by atoms with Crippen LogP contribution in [0.1, 0.15) is 15.2 Å². The third-order valence-electron chi connectivity index (χ3n) is 2.91. The number of thiophene rings is 1. The maximum atomic E-state index is 12.2. The van der Waals surface area contributed by atoms with Gasteiger partial charge in [0.2, 0.25) is 0 Å². The highest BCUT2D eigenvalue weighted by Gasteiger charge is 2.15. The second-order valence-corrected chi connectivity index (χ2v) is 5.81. The van der Waals surface area contributed by atoms with Crippen molar-refractivity contribution in [3.63, 3.8) is 0 Å². The summed E-state index contributed by atoms with van der Waals surface area (Å²) in [7, 11) is 1.78. The summed E-state index contributed by atoms with van der Waals surface area (Å²) in [6, 6.07) is 9.14. The molecule has 0 radical (unpaired) electrons. The van der Waals surface area contributed by atoms with Gasteiger partial charge in [-0.2, -0.15) is 0 Å². The summed E-state index contributed by atoms with van der Waals surface area (Å²) < 4.78 is 5.58. The molecule has 2 aromatic rings. The number of carbonyl (C=O) groups excluding carboxylic acids is 1. The lowest BCUT2D eigenvalue weighted by Gasteiger charge is -2.17. The number of benzene rings is 1. The summed E-state index contributed by atoms with van der Waals surface area (Å²) in [5.74, 6) is 0.791. The predicted molar refractivity (Wildman–Crippen MR) is 83.0 cm³/mol. The summed E-state index contributed by atoms with van der Waals surface area (Å²) in [6.45, 7) is 2.94. The van der Waals surface area contributed by atoms with Crippen molar-refractivity contribution in [1.82, 2.24) is 4.90 Å². The first-order valence-electron chi connectivity index (χ1n) is 6.26. The number of nitrogens with zero attached hydrogens (tertiary/aromatic N) is 1. The van der Waals surface area contributed by atoms with E-state index in [1.54, 1.807) is 24.1 Å². The lowest BCUT2D eigenvalue weighted by Crippen LogP contribution is -2.30. The Morgan fingerprint density at radius 1 is 1.30 bits per heavy atom. The topological polar surface area (TPSA) is 29.5 Å². The molecule has 0 aliphatic rings. The predicted octanol–water partition coefficient (Wildman–Crippen LogP) is 3.86. The fraction of sp³-hybridized carbons (Fsp3) is 0.267. The van der Waals surface area contributed by atoms with Crippen molar-refractivity contribution in [3.8, 4) is 5.75 Å². The van der Waals surface area contributed by atoms with Gasteiger partial charge < -0.3 is 9.64 Å². The van der Waals surface area contributed by atoms with E-state index in [4.69, 9.17) is 16.3 Å². The first kappa shape index (κ1) is 14.9. The number of halogens is 1. The fourth-order valence-corrected chi connectivity index (χ4v) is 2.74. The van der Waals surface area contributed by atoms with Gasteiger partial charge in [0.1, 0.15) is 12.4 Å². The van der Waals surface area contributed by atoms with Crippen LogP contribution in [-0.4, -0.2) is 31.0 Å². The second-order valence-electron chi connectivity index (χ2n) is 4.46. The lowest BCUT2D eigenvalue weighted by molar-refractivity contribution is 0.0778. The maximum Gasteiger partial charge on any atom is 0.264 e. The summed E-state index contributed by atoms with van der Waals surface area (Å²) in [4.78, 5) is 14.6. The Bertz CT molecular complexity index is 580. The Morgan fingerprint density at radius 3 is 2.60 bits per heavy atom. The van der Waals surface area contributed by atoms with Crippen molar-refractivity contribution >= 4 is 28.8 Å². The monoisotopic (exact) mass is 309 g/mol. The van der Waals surface area contributed by atoms with E-state index in [2.05, 4.69) is 0 Å². The first-order chi connectivity index (χ1) is 9.58. The van der Waals surface area contributed by atoms with Gasteiger partial charge in [-0.25, -0.2) is 0 Å². The molecule has 20 heavy (non-hydrogen) atoms. The van der Waals surface area contributed by atoms with Crippen molar-refractivity contribution in [3.05, 3.63) is 51.2 Å². The second kappa shape index (κ2) is 6.77. The highest BCUT2D eigenvalue weighted by Crippen LogP contribution is 2.18. The molecule has 5 heteroatoms. The minimum atomic E-state index is 0.0391. The molecule has 2 rings (SSSR count). The van der Waals surface area contributed by atoms with E-state index in [0.717, 1.165) is 16.2 Å². The van der Waals surface area contributed by atoms with Crippen molar-refractivity contribution in [1.29, 1.82) is 0 Å². The van der Waals surface area contributed by atoms with Crippen molar-refractivity contribution < 1.29 is 9.53 Å². The zero-order valence-electron chi connectivity index (χ0n) is 11.4. The smallest absolute Gasteiger partial charge is 0.264 e. The maximum absolute atomic E-state index is 12.2. The molecule has 0 spiro atoms. The molecule has 0 atom stereocenters. The van der Waals surface area contributed by atoms with Crippen LogP contribution in [0.15, 0.2) is 35.7 Å². The summed E-state index contributed by atoms with van der Waals surface area (Å²) in [5, 5.41) is 2.61. The van der Waals surface area contributed by atoms with Gasteiger partial charge in [0, 0.05) is 12.1 Å². The Morgan fingerprint density at radius 2 is 2.00 bits per heavy atom. The number of hydrogen-bond donors (Lipinski definition) is 0. The average molecular weight is 310 g/mol. The van der Waals surface area contributed by atoms with Crippen LogP contribution in [0.4, 0.5) is 0 Å². The molecule has 1 heterocycles. The fourth-order valence-electron chi connectivity index (χ4n) is 1.70. The minimum absolute atomic E-state index is 0.0391. The van der Waals surface area contributed by atoms with E-state index in [9.17, 15) is 4.79 Å². The van der Waals surface area contributed by atoms with Gasteiger partial charge in [-0.15, -0.1) is 11.3 Å². The molecule has 1 aromatic carbocycles. The van der Waals surface area contributed by atoms with Crippen LogP contribution >= 0.6 is 22.9 Å². The third kappa shape index (κ3) is 3.74. The summed E-state index contributed by atoms with van der Waals surface area (Å²) in [6.07, 6.45) is 0. The molecule has 0 bridgehead atoms. The summed E-state index contributed by atoms with van der Waals surface area (Å²) in [5.41, 5.74) is 1.02. The molecular weight excluding hydrogens is 294 g/mol. The van der Waals surface area contributed by atoms with Crippen LogP contribution in [0.2, 0.25) is 5.02 Å². The summed E-state index contributed by atoms with van der Waals surface area (Å²) >= 11 is 7.27. The quantitative estimate of drug-likeness (QED) is 0.839. The lowest BCUT2D eigenvalue weighted by atomic mass is 10.3. The van der Waals surface area contributed by atoms with Gasteiger partial charge >= 0.3 is 0 Å². The number of likely N-dealkylation sites (N-methyl/N-ethyl adjacent to an activating group) is 1. The molecule has 1 amide bonds. The van der Waals surface area contributed by atoms with Gasteiger partial charge in [-0.1, -0.05) is 11.6 Å². The molecule has 106 valence electrons. The highest BCUT2D eigenvalue weighted by atomic mass is 35.5. The molecule has 0 unspecified atom stereocenters. The Kier molecular flexibility index (Phi) is 5.04. The number of carbonyl (C=O) groups is 1. The Balaban J connectivity index is 1.83. The van der Waals surface area contributed by atoms with E-state index in [1.165, 1.54) is 11.3 Å². The van der Waals surface area contributed by atoms with Crippen LogP contribution in [0, 0.1) is 6.92 Å². The largest absolute Gasteiger partial charge is 0.492 e. The van der Waals surface area contributed by atoms with Crippen LogP contribution in [0.25, 0.3) is 0 Å². The van der Waals surface area contributed by atoms with Crippen molar-refractivity contribution in [2.45, 2.75) is 6.92 Å². The van der Waals surface area contributed by atoms with E-state index in [1.807, 2.05) is 30.5 Å². The number of hydrogen-bond acceptors (Lipinski definition) is 3. The number of amides is 1. The van der Waals surface area contributed by atoms with Gasteiger partial charge in [0.25, 0.3) is 5.91 Å². The number of ether oxygens (including phenoxy) is 1. The molecule has 3 nitrogen and oxygen atoms in total. The van der Waals surface area contributed by atoms with Crippen LogP contribution in [-0.2, 0) is 0 Å². The molecule has 0 aliphatic heterocycles. The molecule has 1 aromatic heterocycles. The van der Waals surface area contributed by atoms with Crippen molar-refractivity contribution in [2.24, 2.45) is 0 Å². The Labute approximate surface area is 127 Å². The van der Waals surface area contributed by atoms with Crippen LogP contribution in [0.5, 0.6) is 5.75 Å². The van der Waals surface area contributed by atoms with Crippen LogP contribution in [0.3, 0.4) is 0 Å². The van der Waals surface area contributed by atoms with Gasteiger partial charge in [-0.05, 0) is 48.2 Å². The zero-order valence-corrected chi connectivity index (χ0v) is 13.0. The van der Waals surface area contributed by atoms with Crippen LogP contribution < -0.4 is 4.74 Å². The van der Waals surface area contributed by atoms with E-state index in [0.29, 0.717) is 18.2 Å². The first-order valence-corrected chi connectivity index (χ1v) is 7.51. The molecular formula is C15H16ClNO2S. The normalized spacial score (nSPS) is 10.3. The number of rotatable bonds is 5. The minimum Gasteiger partial charge on any atom is -0.492 e. The molecule has 0 fully saturated rings. The molecule has 0 saturated carbocycles. The average Bonchev–Trinajstić information content (AvgIpc) is 2.86. The van der Waals surface area contributed by atoms with Gasteiger partial charge in [-0.3, -0.25) is 4.79 Å². The molecule has 0 saturated heterocycles. The zero-order chi connectivity index (χ0) is 14.5. The van der Waals surface area contributed by atoms with Gasteiger partial charge in [0.05, 0.1) is 11.4 Å². The number of aryl methyl sites for hydroxylation is 1.